The lowest BCUT2D eigenvalue weighted by Crippen LogP contribution is -2.20. The predicted octanol–water partition coefficient (Wildman–Crippen LogP) is 3.61. The van der Waals surface area contributed by atoms with Gasteiger partial charge in [-0.1, -0.05) is 23.7 Å². The van der Waals surface area contributed by atoms with Crippen molar-refractivity contribution < 1.29 is 9.53 Å². The molecular weight excluding hydrogens is 314 g/mol. The van der Waals surface area contributed by atoms with E-state index in [0.717, 1.165) is 10.9 Å². The Morgan fingerprint density at radius 3 is 2.65 bits per heavy atom. The van der Waals surface area contributed by atoms with Gasteiger partial charge in [0, 0.05) is 10.7 Å². The number of aromatic nitrogens is 2. The van der Waals surface area contributed by atoms with Crippen LogP contribution in [0.5, 0.6) is 5.88 Å². The normalized spacial score (nSPS) is 10.5. The van der Waals surface area contributed by atoms with Gasteiger partial charge in [0.1, 0.15) is 5.82 Å². The number of anilines is 1. The quantitative estimate of drug-likeness (QED) is 0.795. The number of amides is 1. The van der Waals surface area contributed by atoms with Crippen LogP contribution >= 0.6 is 11.6 Å². The van der Waals surface area contributed by atoms with Crippen LogP contribution in [-0.2, 0) is 4.79 Å². The van der Waals surface area contributed by atoms with Gasteiger partial charge in [0.2, 0.25) is 5.88 Å². The molecule has 0 atom stereocenters. The molecule has 0 bridgehead atoms. The maximum Gasteiger partial charge on any atom is 0.262 e. The second-order valence-corrected chi connectivity index (χ2v) is 5.37. The van der Waals surface area contributed by atoms with Crippen LogP contribution in [0.3, 0.4) is 0 Å². The average Bonchev–Trinajstić information content (AvgIpc) is 2.54. The molecule has 0 aliphatic heterocycles. The van der Waals surface area contributed by atoms with Gasteiger partial charge >= 0.3 is 0 Å². The van der Waals surface area contributed by atoms with Crippen molar-refractivity contribution >= 4 is 34.1 Å². The molecule has 3 rings (SSSR count). The lowest BCUT2D eigenvalue weighted by atomic mass is 10.2. The van der Waals surface area contributed by atoms with Crippen LogP contribution in [0.1, 0.15) is 5.82 Å². The first-order valence-corrected chi connectivity index (χ1v) is 7.41. The van der Waals surface area contributed by atoms with Crippen molar-refractivity contribution in [3.63, 3.8) is 0 Å². The number of rotatable bonds is 4. The summed E-state index contributed by atoms with van der Waals surface area (Å²) in [6.45, 7) is 1.65. The summed E-state index contributed by atoms with van der Waals surface area (Å²) in [5.41, 5.74) is 1.44. The summed E-state index contributed by atoms with van der Waals surface area (Å²) in [5.74, 6) is 0.726. The van der Waals surface area contributed by atoms with Crippen molar-refractivity contribution in [3.8, 4) is 5.88 Å². The van der Waals surface area contributed by atoms with Gasteiger partial charge in [0.25, 0.3) is 5.91 Å². The summed E-state index contributed by atoms with van der Waals surface area (Å²) < 4.78 is 5.57. The van der Waals surface area contributed by atoms with Crippen LogP contribution in [0.25, 0.3) is 10.9 Å². The first kappa shape index (κ1) is 15.2. The summed E-state index contributed by atoms with van der Waals surface area (Å²) in [6.07, 6.45) is 0. The largest absolute Gasteiger partial charge is 0.467 e. The number of carbonyl (C=O) groups excluding carboxylic acids is 1. The third-order valence-corrected chi connectivity index (χ3v) is 3.40. The molecule has 6 heteroatoms. The molecule has 0 unspecified atom stereocenters. The second kappa shape index (κ2) is 6.62. The van der Waals surface area contributed by atoms with Crippen LogP contribution in [0.2, 0.25) is 5.02 Å². The lowest BCUT2D eigenvalue weighted by Gasteiger charge is -2.09. The zero-order chi connectivity index (χ0) is 16.2. The van der Waals surface area contributed by atoms with E-state index < -0.39 is 0 Å². The van der Waals surface area contributed by atoms with E-state index in [-0.39, 0.29) is 12.5 Å². The molecule has 1 amide bonds. The Morgan fingerprint density at radius 2 is 1.87 bits per heavy atom. The monoisotopic (exact) mass is 327 g/mol. The molecule has 0 radical (unpaired) electrons. The van der Waals surface area contributed by atoms with Gasteiger partial charge in [-0.15, -0.1) is 0 Å². The Kier molecular flexibility index (Phi) is 4.39. The summed E-state index contributed by atoms with van der Waals surface area (Å²) in [6, 6.07) is 14.4. The van der Waals surface area contributed by atoms with Gasteiger partial charge in [-0.3, -0.25) is 4.79 Å². The number of halogens is 1. The van der Waals surface area contributed by atoms with Crippen LogP contribution in [0.4, 0.5) is 5.69 Å². The maximum absolute atomic E-state index is 12.0. The Labute approximate surface area is 138 Å². The van der Waals surface area contributed by atoms with Gasteiger partial charge < -0.3 is 10.1 Å². The third kappa shape index (κ3) is 3.76. The maximum atomic E-state index is 12.0. The Hall–Kier alpha value is -2.66. The van der Waals surface area contributed by atoms with Crippen LogP contribution < -0.4 is 10.1 Å². The topological polar surface area (TPSA) is 64.1 Å². The summed E-state index contributed by atoms with van der Waals surface area (Å²) >= 11 is 5.81. The highest BCUT2D eigenvalue weighted by atomic mass is 35.5. The minimum Gasteiger partial charge on any atom is -0.467 e. The molecule has 0 fully saturated rings. The number of ether oxygens (including phenoxy) is 1. The van der Waals surface area contributed by atoms with Gasteiger partial charge in [0.05, 0.1) is 10.9 Å². The first-order valence-electron chi connectivity index (χ1n) is 7.03. The van der Waals surface area contributed by atoms with E-state index in [1.165, 1.54) is 0 Å². The molecule has 0 aliphatic rings. The molecule has 3 aromatic rings. The third-order valence-electron chi connectivity index (χ3n) is 3.15. The van der Waals surface area contributed by atoms with E-state index in [0.29, 0.717) is 22.4 Å². The SMILES string of the molecule is Cc1nc(OCC(=O)Nc2ccc(Cl)cc2)c2ccccc2n1. The zero-order valence-electron chi connectivity index (χ0n) is 12.4. The molecule has 2 aromatic carbocycles. The second-order valence-electron chi connectivity index (χ2n) is 4.94. The lowest BCUT2D eigenvalue weighted by molar-refractivity contribution is -0.118. The van der Waals surface area contributed by atoms with Gasteiger partial charge in [-0.05, 0) is 43.3 Å². The predicted molar refractivity (Wildman–Crippen MR) is 89.9 cm³/mol. The molecule has 1 aromatic heterocycles. The standard InChI is InChI=1S/C17H14ClN3O2/c1-11-19-15-5-3-2-4-14(15)17(20-11)23-10-16(22)21-13-8-6-12(18)7-9-13/h2-9H,10H2,1H3,(H,21,22). The first-order chi connectivity index (χ1) is 11.1. The van der Waals surface area contributed by atoms with E-state index in [4.69, 9.17) is 16.3 Å². The van der Waals surface area contributed by atoms with E-state index >= 15 is 0 Å². The van der Waals surface area contributed by atoms with Crippen molar-refractivity contribution in [2.45, 2.75) is 6.92 Å². The van der Waals surface area contributed by atoms with Gasteiger partial charge in [0.15, 0.2) is 6.61 Å². The minimum atomic E-state index is -0.271. The number of carbonyl (C=O) groups is 1. The van der Waals surface area contributed by atoms with E-state index in [1.54, 1.807) is 31.2 Å². The van der Waals surface area contributed by atoms with Crippen molar-refractivity contribution in [3.05, 3.63) is 59.4 Å². The van der Waals surface area contributed by atoms with Crippen LogP contribution in [0.15, 0.2) is 48.5 Å². The molecule has 1 heterocycles. The fourth-order valence-corrected chi connectivity index (χ4v) is 2.26. The van der Waals surface area contributed by atoms with Crippen molar-refractivity contribution in [1.82, 2.24) is 9.97 Å². The van der Waals surface area contributed by atoms with Gasteiger partial charge in [-0.2, -0.15) is 4.98 Å². The highest BCUT2D eigenvalue weighted by molar-refractivity contribution is 6.30. The molecular formula is C17H14ClN3O2. The number of benzene rings is 2. The molecule has 116 valence electrons. The average molecular weight is 328 g/mol. The Morgan fingerprint density at radius 1 is 1.13 bits per heavy atom. The van der Waals surface area contributed by atoms with Gasteiger partial charge in [-0.25, -0.2) is 4.98 Å². The number of hydrogen-bond acceptors (Lipinski definition) is 4. The molecule has 1 N–H and O–H groups in total. The molecule has 5 nitrogen and oxygen atoms in total. The number of aryl methyl sites for hydroxylation is 1. The van der Waals surface area contributed by atoms with E-state index in [2.05, 4.69) is 15.3 Å². The van der Waals surface area contributed by atoms with Crippen molar-refractivity contribution in [1.29, 1.82) is 0 Å². The summed E-state index contributed by atoms with van der Waals surface area (Å²) in [7, 11) is 0. The van der Waals surface area contributed by atoms with Crippen molar-refractivity contribution in [2.24, 2.45) is 0 Å². The highest BCUT2D eigenvalue weighted by Gasteiger charge is 2.09. The Balaban J connectivity index is 1.70. The molecule has 0 spiro atoms. The fourth-order valence-electron chi connectivity index (χ4n) is 2.13. The van der Waals surface area contributed by atoms with Crippen molar-refractivity contribution in [2.75, 3.05) is 11.9 Å². The highest BCUT2D eigenvalue weighted by Crippen LogP contribution is 2.22. The molecule has 23 heavy (non-hydrogen) atoms. The minimum absolute atomic E-state index is 0.136. The number of nitrogens with zero attached hydrogens (tertiary/aromatic N) is 2. The zero-order valence-corrected chi connectivity index (χ0v) is 13.2. The number of nitrogens with one attached hydrogen (secondary N) is 1. The Bertz CT molecular complexity index is 850. The molecule has 0 aliphatic carbocycles. The summed E-state index contributed by atoms with van der Waals surface area (Å²) in [4.78, 5) is 20.6. The van der Waals surface area contributed by atoms with Crippen LogP contribution in [0, 0.1) is 6.92 Å². The number of fused-ring (bicyclic) bond motifs is 1. The molecule has 0 saturated heterocycles. The number of para-hydroxylation sites is 1. The number of hydrogen-bond donors (Lipinski definition) is 1. The fraction of sp³-hybridized carbons (Fsp3) is 0.118. The smallest absolute Gasteiger partial charge is 0.262 e. The van der Waals surface area contributed by atoms with E-state index in [1.807, 2.05) is 24.3 Å². The molecule has 0 saturated carbocycles. The van der Waals surface area contributed by atoms with E-state index in [9.17, 15) is 4.79 Å². The van der Waals surface area contributed by atoms with Crippen LogP contribution in [-0.4, -0.2) is 22.5 Å². The summed E-state index contributed by atoms with van der Waals surface area (Å²) in [5, 5.41) is 4.12.